The molecule has 3 aromatic rings. The van der Waals surface area contributed by atoms with Crippen LogP contribution in [0.1, 0.15) is 65.1 Å². The predicted molar refractivity (Wildman–Crippen MR) is 148 cm³/mol. The summed E-state index contributed by atoms with van der Waals surface area (Å²) in [5.74, 6) is -0.147. The Bertz CT molecular complexity index is 1410. The van der Waals surface area contributed by atoms with Gasteiger partial charge in [0.15, 0.2) is 0 Å². The van der Waals surface area contributed by atoms with E-state index in [2.05, 4.69) is 15.4 Å². The average Bonchev–Trinajstić information content (AvgIpc) is 3.31. The third kappa shape index (κ3) is 6.47. The standard InChI is InChI=1S/C29H36F3N5O4/c1-6-41-25(38)27(4,5)24-8-7-20(16-33-24)37-23-14-19(13-22(29(30,31)32)21(23)17-34-37)35-26(39)36-11-9-28(40,10-12-36)15-18(2)3/h7-8,13-14,16-18,40H,6,9-12,15H2,1-5H3,(H,35,39). The number of halogens is 3. The molecule has 2 N–H and O–H groups in total. The summed E-state index contributed by atoms with van der Waals surface area (Å²) in [4.78, 5) is 31.2. The molecule has 2 amide bonds. The molecular weight excluding hydrogens is 539 g/mol. The Hall–Kier alpha value is -3.67. The quantitative estimate of drug-likeness (QED) is 0.351. The zero-order valence-corrected chi connectivity index (χ0v) is 23.9. The average molecular weight is 576 g/mol. The number of ether oxygens (including phenoxy) is 1. The van der Waals surface area contributed by atoms with Crippen molar-refractivity contribution in [3.05, 3.63) is 47.9 Å². The normalized spacial score (nSPS) is 15.8. The number of hydrogen-bond donors (Lipinski definition) is 2. The van der Waals surface area contributed by atoms with Crippen molar-refractivity contribution in [1.29, 1.82) is 0 Å². The highest BCUT2D eigenvalue weighted by atomic mass is 19.4. The second kappa shape index (κ2) is 11.3. The van der Waals surface area contributed by atoms with Crippen LogP contribution in [0.25, 0.3) is 16.6 Å². The molecule has 0 bridgehead atoms. The summed E-state index contributed by atoms with van der Waals surface area (Å²) in [6.45, 7) is 9.90. The van der Waals surface area contributed by atoms with Crippen LogP contribution in [-0.2, 0) is 21.1 Å². The first-order valence-electron chi connectivity index (χ1n) is 13.7. The molecule has 0 radical (unpaired) electrons. The van der Waals surface area contributed by atoms with Crippen LogP contribution in [0, 0.1) is 5.92 Å². The minimum absolute atomic E-state index is 0.0346. The van der Waals surface area contributed by atoms with Crippen LogP contribution in [-0.4, -0.2) is 62.1 Å². The summed E-state index contributed by atoms with van der Waals surface area (Å²) < 4.78 is 48.6. The number of hydrogen-bond acceptors (Lipinski definition) is 6. The first-order chi connectivity index (χ1) is 19.1. The summed E-state index contributed by atoms with van der Waals surface area (Å²) in [6.07, 6.45) is -0.735. The number of esters is 1. The van der Waals surface area contributed by atoms with Gasteiger partial charge < -0.3 is 20.1 Å². The van der Waals surface area contributed by atoms with Gasteiger partial charge in [-0.15, -0.1) is 0 Å². The van der Waals surface area contributed by atoms with Crippen molar-refractivity contribution >= 4 is 28.6 Å². The fraction of sp³-hybridized carbons (Fsp3) is 0.517. The van der Waals surface area contributed by atoms with Gasteiger partial charge in [-0.2, -0.15) is 18.3 Å². The molecule has 0 aliphatic carbocycles. The maximum Gasteiger partial charge on any atom is 0.417 e. The highest BCUT2D eigenvalue weighted by Crippen LogP contribution is 2.38. The van der Waals surface area contributed by atoms with Gasteiger partial charge in [-0.1, -0.05) is 13.8 Å². The fourth-order valence-electron chi connectivity index (χ4n) is 5.23. The Morgan fingerprint density at radius 3 is 2.39 bits per heavy atom. The molecule has 9 nitrogen and oxygen atoms in total. The van der Waals surface area contributed by atoms with Gasteiger partial charge >= 0.3 is 18.2 Å². The smallest absolute Gasteiger partial charge is 0.417 e. The third-order valence-corrected chi connectivity index (χ3v) is 7.43. The summed E-state index contributed by atoms with van der Waals surface area (Å²) in [5, 5.41) is 17.4. The van der Waals surface area contributed by atoms with Gasteiger partial charge in [0.05, 0.1) is 47.1 Å². The van der Waals surface area contributed by atoms with E-state index in [1.165, 1.54) is 21.8 Å². The number of carbonyl (C=O) groups excluding carboxylic acids is 2. The maximum absolute atomic E-state index is 14.1. The summed E-state index contributed by atoms with van der Waals surface area (Å²) in [7, 11) is 0. The molecule has 12 heteroatoms. The van der Waals surface area contributed by atoms with Crippen molar-refractivity contribution in [2.45, 2.75) is 71.1 Å². The lowest BCUT2D eigenvalue weighted by Crippen LogP contribution is -2.48. The molecule has 0 spiro atoms. The SMILES string of the molecule is CCOC(=O)C(C)(C)c1ccc(-n2ncc3c(C(F)(F)F)cc(NC(=O)N4CCC(O)(CC(C)C)CC4)cc32)cn1. The van der Waals surface area contributed by atoms with E-state index in [1.807, 2.05) is 13.8 Å². The number of aliphatic hydroxyl groups is 1. The predicted octanol–water partition coefficient (Wildman–Crippen LogP) is 5.68. The fourth-order valence-corrected chi connectivity index (χ4v) is 5.23. The van der Waals surface area contributed by atoms with Gasteiger partial charge in [-0.05, 0) is 70.2 Å². The van der Waals surface area contributed by atoms with Crippen molar-refractivity contribution in [2.24, 2.45) is 5.92 Å². The van der Waals surface area contributed by atoms with E-state index < -0.39 is 34.8 Å². The van der Waals surface area contributed by atoms with Crippen LogP contribution in [0.5, 0.6) is 0 Å². The second-order valence-corrected chi connectivity index (χ2v) is 11.5. The van der Waals surface area contributed by atoms with E-state index in [0.29, 0.717) is 49.7 Å². The number of urea groups is 1. The number of benzene rings is 1. The first kappa shape index (κ1) is 30.3. The summed E-state index contributed by atoms with van der Waals surface area (Å²) in [5.41, 5.74) is -1.92. The number of fused-ring (bicyclic) bond motifs is 1. The minimum Gasteiger partial charge on any atom is -0.465 e. The number of anilines is 1. The van der Waals surface area contributed by atoms with Crippen molar-refractivity contribution in [2.75, 3.05) is 25.0 Å². The third-order valence-electron chi connectivity index (χ3n) is 7.43. The van der Waals surface area contributed by atoms with Crippen molar-refractivity contribution in [1.82, 2.24) is 19.7 Å². The molecule has 1 aliphatic heterocycles. The summed E-state index contributed by atoms with van der Waals surface area (Å²) >= 11 is 0. The number of carbonyl (C=O) groups is 2. The number of rotatable bonds is 7. The number of alkyl halides is 3. The van der Waals surface area contributed by atoms with Crippen LogP contribution in [0.2, 0.25) is 0 Å². The van der Waals surface area contributed by atoms with Gasteiger partial charge in [0, 0.05) is 24.2 Å². The minimum atomic E-state index is -4.70. The molecule has 222 valence electrons. The van der Waals surface area contributed by atoms with E-state index in [4.69, 9.17) is 4.74 Å². The van der Waals surface area contributed by atoms with Gasteiger partial charge in [0.1, 0.15) is 5.41 Å². The zero-order chi connectivity index (χ0) is 30.2. The lowest BCUT2D eigenvalue weighted by atomic mass is 9.84. The van der Waals surface area contributed by atoms with E-state index in [0.717, 1.165) is 12.3 Å². The summed E-state index contributed by atoms with van der Waals surface area (Å²) in [6, 6.07) is 5.01. The molecule has 2 aromatic heterocycles. The van der Waals surface area contributed by atoms with Gasteiger partial charge in [0.25, 0.3) is 0 Å². The molecule has 4 rings (SSSR count). The molecule has 41 heavy (non-hydrogen) atoms. The number of likely N-dealkylation sites (tertiary alicyclic amines) is 1. The number of aromatic nitrogens is 3. The van der Waals surface area contributed by atoms with Crippen LogP contribution >= 0.6 is 0 Å². The molecule has 1 aromatic carbocycles. The van der Waals surface area contributed by atoms with E-state index >= 15 is 0 Å². The van der Waals surface area contributed by atoms with Gasteiger partial charge in [-0.3, -0.25) is 9.78 Å². The van der Waals surface area contributed by atoms with E-state index in [-0.39, 0.29) is 23.2 Å². The van der Waals surface area contributed by atoms with Crippen molar-refractivity contribution in [3.8, 4) is 5.69 Å². The molecule has 1 aliphatic rings. The molecule has 0 saturated carbocycles. The Labute approximate surface area is 236 Å². The van der Waals surface area contributed by atoms with E-state index in [9.17, 15) is 27.9 Å². The number of nitrogens with one attached hydrogen (secondary N) is 1. The van der Waals surface area contributed by atoms with Gasteiger partial charge in [0.2, 0.25) is 0 Å². The Morgan fingerprint density at radius 2 is 1.83 bits per heavy atom. The maximum atomic E-state index is 14.1. The highest BCUT2D eigenvalue weighted by Gasteiger charge is 2.37. The number of nitrogens with zero attached hydrogens (tertiary/aromatic N) is 4. The van der Waals surface area contributed by atoms with Crippen molar-refractivity contribution < 1.29 is 32.6 Å². The number of pyridine rings is 1. The van der Waals surface area contributed by atoms with Crippen LogP contribution in [0.4, 0.5) is 23.7 Å². The molecule has 0 unspecified atom stereocenters. The molecule has 0 atom stereocenters. The molecule has 1 fully saturated rings. The Morgan fingerprint density at radius 1 is 1.15 bits per heavy atom. The van der Waals surface area contributed by atoms with Crippen LogP contribution in [0.15, 0.2) is 36.7 Å². The lowest BCUT2D eigenvalue weighted by molar-refractivity contribution is -0.149. The molecule has 3 heterocycles. The number of piperidine rings is 1. The monoisotopic (exact) mass is 575 g/mol. The Kier molecular flexibility index (Phi) is 8.35. The first-order valence-corrected chi connectivity index (χ1v) is 13.7. The van der Waals surface area contributed by atoms with Crippen molar-refractivity contribution in [3.63, 3.8) is 0 Å². The highest BCUT2D eigenvalue weighted by molar-refractivity contribution is 5.94. The molecular formula is C29H36F3N5O4. The zero-order valence-electron chi connectivity index (χ0n) is 23.9. The lowest BCUT2D eigenvalue weighted by Gasteiger charge is -2.39. The van der Waals surface area contributed by atoms with E-state index in [1.54, 1.807) is 32.9 Å². The largest absolute Gasteiger partial charge is 0.465 e. The van der Waals surface area contributed by atoms with Gasteiger partial charge in [-0.25, -0.2) is 9.48 Å². The Balaban J connectivity index is 1.62. The van der Waals surface area contributed by atoms with Crippen LogP contribution in [0.3, 0.4) is 0 Å². The second-order valence-electron chi connectivity index (χ2n) is 11.5. The molecule has 1 saturated heterocycles. The van der Waals surface area contributed by atoms with Crippen LogP contribution < -0.4 is 5.32 Å². The number of amides is 2. The topological polar surface area (TPSA) is 110 Å².